The van der Waals surface area contributed by atoms with Crippen LogP contribution >= 0.6 is 0 Å². The van der Waals surface area contributed by atoms with E-state index in [-0.39, 0.29) is 5.82 Å². The molecular weight excluding hydrogens is 181 g/mol. The molecule has 0 unspecified atom stereocenters. The van der Waals surface area contributed by atoms with Crippen LogP contribution in [0.3, 0.4) is 0 Å². The second kappa shape index (κ2) is 3.65. The number of halogens is 1. The zero-order valence-electron chi connectivity index (χ0n) is 7.97. The van der Waals surface area contributed by atoms with Crippen molar-refractivity contribution in [3.05, 3.63) is 29.6 Å². The fourth-order valence-electron chi connectivity index (χ4n) is 1.28. The Morgan fingerprint density at radius 3 is 2.64 bits per heavy atom. The van der Waals surface area contributed by atoms with Crippen molar-refractivity contribution in [2.75, 3.05) is 13.1 Å². The van der Waals surface area contributed by atoms with Gasteiger partial charge < -0.3 is 10.6 Å². The van der Waals surface area contributed by atoms with Crippen LogP contribution in [0.25, 0.3) is 0 Å². The molecule has 1 heterocycles. The third-order valence-electron chi connectivity index (χ3n) is 2.11. The van der Waals surface area contributed by atoms with Crippen LogP contribution in [0, 0.1) is 12.7 Å². The number of aliphatic imine (C=N–C) groups is 1. The first-order valence-electron chi connectivity index (χ1n) is 4.58. The average molecular weight is 193 g/mol. The molecule has 0 saturated carbocycles. The number of benzene rings is 1. The van der Waals surface area contributed by atoms with Gasteiger partial charge in [-0.05, 0) is 24.6 Å². The van der Waals surface area contributed by atoms with E-state index in [2.05, 4.69) is 15.6 Å². The summed E-state index contributed by atoms with van der Waals surface area (Å²) in [7, 11) is 0. The molecule has 0 spiro atoms. The largest absolute Gasteiger partial charge is 0.354 e. The van der Waals surface area contributed by atoms with Gasteiger partial charge in [0.05, 0.1) is 5.69 Å². The number of rotatable bonds is 1. The van der Waals surface area contributed by atoms with E-state index in [4.69, 9.17) is 0 Å². The molecule has 14 heavy (non-hydrogen) atoms. The van der Waals surface area contributed by atoms with Crippen LogP contribution in [-0.2, 0) is 0 Å². The predicted molar refractivity (Wildman–Crippen MR) is 54.2 cm³/mol. The molecule has 74 valence electrons. The van der Waals surface area contributed by atoms with Gasteiger partial charge in [-0.1, -0.05) is 6.07 Å². The van der Waals surface area contributed by atoms with Gasteiger partial charge in [-0.3, -0.25) is 0 Å². The fourth-order valence-corrected chi connectivity index (χ4v) is 1.28. The zero-order chi connectivity index (χ0) is 9.97. The average Bonchev–Trinajstić information content (AvgIpc) is 2.64. The van der Waals surface area contributed by atoms with Gasteiger partial charge in [-0.2, -0.15) is 0 Å². The molecule has 4 heteroatoms. The molecule has 0 radical (unpaired) electrons. The fraction of sp³-hybridized carbons (Fsp3) is 0.300. The van der Waals surface area contributed by atoms with Crippen molar-refractivity contribution >= 4 is 11.6 Å². The lowest BCUT2D eigenvalue weighted by molar-refractivity contribution is 0.619. The van der Waals surface area contributed by atoms with Gasteiger partial charge in [-0.15, -0.1) is 0 Å². The monoisotopic (exact) mass is 193 g/mol. The Morgan fingerprint density at radius 2 is 2.00 bits per heavy atom. The molecule has 0 aliphatic carbocycles. The Labute approximate surface area is 82.0 Å². The van der Waals surface area contributed by atoms with Gasteiger partial charge in [0, 0.05) is 13.1 Å². The second-order valence-electron chi connectivity index (χ2n) is 3.25. The van der Waals surface area contributed by atoms with Crippen molar-refractivity contribution in [3.8, 4) is 0 Å². The summed E-state index contributed by atoms with van der Waals surface area (Å²) in [6.07, 6.45) is 0. The number of guanidine groups is 1. The Bertz CT molecular complexity index is 366. The summed E-state index contributed by atoms with van der Waals surface area (Å²) in [6.45, 7) is 3.47. The van der Waals surface area contributed by atoms with E-state index >= 15 is 0 Å². The van der Waals surface area contributed by atoms with E-state index in [0.717, 1.165) is 13.1 Å². The van der Waals surface area contributed by atoms with E-state index in [1.807, 2.05) is 0 Å². The Kier molecular flexibility index (Phi) is 2.35. The van der Waals surface area contributed by atoms with Crippen molar-refractivity contribution in [2.24, 2.45) is 4.99 Å². The summed E-state index contributed by atoms with van der Waals surface area (Å²) in [5, 5.41) is 6.11. The van der Waals surface area contributed by atoms with Gasteiger partial charge in [0.25, 0.3) is 0 Å². The third kappa shape index (κ3) is 1.84. The van der Waals surface area contributed by atoms with Crippen LogP contribution < -0.4 is 10.6 Å². The Morgan fingerprint density at radius 1 is 1.29 bits per heavy atom. The van der Waals surface area contributed by atoms with Crippen LogP contribution in [0.15, 0.2) is 23.2 Å². The van der Waals surface area contributed by atoms with Gasteiger partial charge in [0.15, 0.2) is 5.96 Å². The molecule has 2 rings (SSSR count). The van der Waals surface area contributed by atoms with E-state index in [1.165, 1.54) is 6.07 Å². The summed E-state index contributed by atoms with van der Waals surface area (Å²) in [5.74, 6) is 0.498. The van der Waals surface area contributed by atoms with Crippen LogP contribution in [-0.4, -0.2) is 19.0 Å². The maximum absolute atomic E-state index is 13.1. The van der Waals surface area contributed by atoms with Crippen LogP contribution in [0.5, 0.6) is 0 Å². The van der Waals surface area contributed by atoms with Gasteiger partial charge in [0.1, 0.15) is 5.82 Å². The van der Waals surface area contributed by atoms with Crippen LogP contribution in [0.1, 0.15) is 5.56 Å². The number of nitrogens with one attached hydrogen (secondary N) is 2. The molecule has 1 aromatic rings. The van der Waals surface area contributed by atoms with E-state index in [0.29, 0.717) is 17.2 Å². The SMILES string of the molecule is Cc1ccc(N=C2NCCN2)cc1F. The van der Waals surface area contributed by atoms with E-state index < -0.39 is 0 Å². The molecule has 1 aromatic carbocycles. The Hall–Kier alpha value is -1.58. The zero-order valence-corrected chi connectivity index (χ0v) is 7.97. The summed E-state index contributed by atoms with van der Waals surface area (Å²) < 4.78 is 13.1. The number of aryl methyl sites for hydroxylation is 1. The van der Waals surface area contributed by atoms with Crippen LogP contribution in [0.4, 0.5) is 10.1 Å². The lowest BCUT2D eigenvalue weighted by Crippen LogP contribution is -2.23. The highest BCUT2D eigenvalue weighted by molar-refractivity contribution is 5.84. The smallest absolute Gasteiger partial charge is 0.196 e. The lowest BCUT2D eigenvalue weighted by Gasteiger charge is -2.00. The number of hydrogen-bond acceptors (Lipinski definition) is 1. The highest BCUT2D eigenvalue weighted by Crippen LogP contribution is 2.16. The van der Waals surface area contributed by atoms with E-state index in [9.17, 15) is 4.39 Å². The second-order valence-corrected chi connectivity index (χ2v) is 3.25. The standard InChI is InChI=1S/C10H12FN3/c1-7-2-3-8(6-9(7)11)14-10-12-4-5-13-10/h2-3,6H,4-5H2,1H3,(H2,12,13,14). The minimum Gasteiger partial charge on any atom is -0.354 e. The minimum absolute atomic E-state index is 0.218. The Balaban J connectivity index is 2.24. The maximum atomic E-state index is 13.1. The molecule has 3 nitrogen and oxygen atoms in total. The molecule has 0 aromatic heterocycles. The maximum Gasteiger partial charge on any atom is 0.196 e. The number of hydrogen-bond donors (Lipinski definition) is 2. The molecule has 1 saturated heterocycles. The van der Waals surface area contributed by atoms with Crippen molar-refractivity contribution in [2.45, 2.75) is 6.92 Å². The molecule has 1 fully saturated rings. The van der Waals surface area contributed by atoms with E-state index in [1.54, 1.807) is 19.1 Å². The van der Waals surface area contributed by atoms with Gasteiger partial charge in [0.2, 0.25) is 0 Å². The quantitative estimate of drug-likeness (QED) is 0.705. The molecule has 0 amide bonds. The minimum atomic E-state index is -0.218. The first-order valence-corrected chi connectivity index (χ1v) is 4.58. The third-order valence-corrected chi connectivity index (χ3v) is 2.11. The summed E-state index contributed by atoms with van der Waals surface area (Å²) in [4.78, 5) is 4.21. The molecule has 0 atom stereocenters. The number of nitrogens with zero attached hydrogens (tertiary/aromatic N) is 1. The predicted octanol–water partition coefficient (Wildman–Crippen LogP) is 1.31. The van der Waals surface area contributed by atoms with Crippen LogP contribution in [0.2, 0.25) is 0 Å². The van der Waals surface area contributed by atoms with Crippen molar-refractivity contribution in [1.29, 1.82) is 0 Å². The summed E-state index contributed by atoms with van der Waals surface area (Å²) >= 11 is 0. The summed E-state index contributed by atoms with van der Waals surface area (Å²) in [5.41, 5.74) is 1.27. The molecular formula is C10H12FN3. The molecule has 2 N–H and O–H groups in total. The van der Waals surface area contributed by atoms with Crippen molar-refractivity contribution < 1.29 is 4.39 Å². The summed E-state index contributed by atoms with van der Waals surface area (Å²) in [6, 6.07) is 4.96. The van der Waals surface area contributed by atoms with Crippen molar-refractivity contribution in [3.63, 3.8) is 0 Å². The highest BCUT2D eigenvalue weighted by Gasteiger charge is 2.05. The van der Waals surface area contributed by atoms with Crippen molar-refractivity contribution in [1.82, 2.24) is 10.6 Å². The molecule has 1 aliphatic rings. The molecule has 0 bridgehead atoms. The molecule has 1 aliphatic heterocycles. The van der Waals surface area contributed by atoms with Gasteiger partial charge in [-0.25, -0.2) is 9.38 Å². The lowest BCUT2D eigenvalue weighted by atomic mass is 10.2. The topological polar surface area (TPSA) is 36.4 Å². The van der Waals surface area contributed by atoms with Gasteiger partial charge >= 0.3 is 0 Å². The normalized spacial score (nSPS) is 14.9. The first kappa shape index (κ1) is 8.99. The highest BCUT2D eigenvalue weighted by atomic mass is 19.1. The first-order chi connectivity index (χ1) is 6.75.